The smallest absolute Gasteiger partial charge is 0.371 e. The Kier molecular flexibility index (Phi) is 4.64. The van der Waals surface area contributed by atoms with Gasteiger partial charge >= 0.3 is 5.97 Å². The number of carboxylic acid groups (broad SMARTS) is 1. The third kappa shape index (κ3) is 3.60. The number of hydrogen-bond donors (Lipinski definition) is 2. The van der Waals surface area contributed by atoms with Crippen LogP contribution in [0.4, 0.5) is 0 Å². The van der Waals surface area contributed by atoms with E-state index >= 15 is 0 Å². The van der Waals surface area contributed by atoms with Gasteiger partial charge in [0, 0.05) is 6.04 Å². The van der Waals surface area contributed by atoms with Crippen molar-refractivity contribution in [3.8, 4) is 0 Å². The second-order valence-corrected chi connectivity index (χ2v) is 5.75. The first-order chi connectivity index (χ1) is 9.08. The number of rotatable bonds is 5. The van der Waals surface area contributed by atoms with Crippen molar-refractivity contribution < 1.29 is 14.3 Å². The Morgan fingerprint density at radius 1 is 1.42 bits per heavy atom. The van der Waals surface area contributed by atoms with E-state index in [0.29, 0.717) is 30.2 Å². The summed E-state index contributed by atoms with van der Waals surface area (Å²) >= 11 is 0. The van der Waals surface area contributed by atoms with E-state index in [-0.39, 0.29) is 5.76 Å². The molecule has 1 aliphatic rings. The van der Waals surface area contributed by atoms with Crippen LogP contribution >= 0.6 is 0 Å². The van der Waals surface area contributed by atoms with Crippen LogP contribution in [0.15, 0.2) is 16.5 Å². The van der Waals surface area contributed by atoms with Gasteiger partial charge in [-0.25, -0.2) is 4.79 Å². The second-order valence-electron chi connectivity index (χ2n) is 5.75. The molecule has 1 saturated carbocycles. The van der Waals surface area contributed by atoms with Crippen LogP contribution < -0.4 is 5.32 Å². The highest BCUT2D eigenvalue weighted by Crippen LogP contribution is 2.30. The Morgan fingerprint density at radius 2 is 2.16 bits per heavy atom. The van der Waals surface area contributed by atoms with Gasteiger partial charge < -0.3 is 14.8 Å². The summed E-state index contributed by atoms with van der Waals surface area (Å²) in [6.45, 7) is 5.17. The minimum atomic E-state index is -1.01. The molecule has 4 heteroatoms. The lowest BCUT2D eigenvalue weighted by atomic mass is 9.78. The lowest BCUT2D eigenvalue weighted by Gasteiger charge is -2.34. The average molecular weight is 265 g/mol. The van der Waals surface area contributed by atoms with Crippen LogP contribution in [0.2, 0.25) is 0 Å². The molecule has 4 nitrogen and oxygen atoms in total. The highest BCUT2D eigenvalue weighted by Gasteiger charge is 2.27. The van der Waals surface area contributed by atoms with Gasteiger partial charge in [-0.1, -0.05) is 26.7 Å². The summed E-state index contributed by atoms with van der Waals surface area (Å²) in [7, 11) is 0. The predicted octanol–water partition coefficient (Wildman–Crippen LogP) is 3.28. The highest BCUT2D eigenvalue weighted by molar-refractivity contribution is 5.84. The van der Waals surface area contributed by atoms with E-state index < -0.39 is 5.97 Å². The normalized spacial score (nSPS) is 23.7. The van der Waals surface area contributed by atoms with Crippen molar-refractivity contribution in [1.29, 1.82) is 0 Å². The molecule has 106 valence electrons. The highest BCUT2D eigenvalue weighted by atomic mass is 16.4. The van der Waals surface area contributed by atoms with Crippen molar-refractivity contribution in [3.63, 3.8) is 0 Å². The van der Waals surface area contributed by atoms with Gasteiger partial charge in [0.2, 0.25) is 5.76 Å². The van der Waals surface area contributed by atoms with Gasteiger partial charge in [-0.05, 0) is 36.8 Å². The molecule has 2 rings (SSSR count). The van der Waals surface area contributed by atoms with Crippen LogP contribution in [0.1, 0.15) is 55.8 Å². The molecule has 0 aliphatic heterocycles. The Hall–Kier alpha value is -1.29. The zero-order valence-electron chi connectivity index (χ0n) is 11.7. The first-order valence-electron chi connectivity index (χ1n) is 7.13. The third-order valence-corrected chi connectivity index (χ3v) is 4.09. The molecule has 2 unspecified atom stereocenters. The van der Waals surface area contributed by atoms with Crippen LogP contribution in [-0.4, -0.2) is 17.1 Å². The summed E-state index contributed by atoms with van der Waals surface area (Å²) in [5.74, 6) is 1.10. The van der Waals surface area contributed by atoms with Gasteiger partial charge in [0.25, 0.3) is 0 Å². The Bertz CT molecular complexity index is 425. The Balaban J connectivity index is 1.90. The van der Waals surface area contributed by atoms with E-state index in [0.717, 1.165) is 0 Å². The molecular formula is C15H23NO3. The maximum absolute atomic E-state index is 10.7. The Labute approximate surface area is 114 Å². The van der Waals surface area contributed by atoms with E-state index in [1.165, 1.54) is 31.7 Å². The molecule has 1 aromatic heterocycles. The monoisotopic (exact) mass is 265 g/mol. The van der Waals surface area contributed by atoms with Crippen LogP contribution in [0.25, 0.3) is 0 Å². The topological polar surface area (TPSA) is 62.5 Å². The molecule has 1 aromatic rings. The first kappa shape index (κ1) is 14.1. The van der Waals surface area contributed by atoms with E-state index in [2.05, 4.69) is 19.2 Å². The number of furan rings is 1. The fourth-order valence-electron chi connectivity index (χ4n) is 3.03. The predicted molar refractivity (Wildman–Crippen MR) is 73.1 cm³/mol. The van der Waals surface area contributed by atoms with Crippen molar-refractivity contribution in [1.82, 2.24) is 5.32 Å². The molecule has 0 bridgehead atoms. The van der Waals surface area contributed by atoms with Gasteiger partial charge in [-0.3, -0.25) is 0 Å². The fourth-order valence-corrected chi connectivity index (χ4v) is 3.03. The van der Waals surface area contributed by atoms with Crippen LogP contribution in [0.5, 0.6) is 0 Å². The maximum Gasteiger partial charge on any atom is 0.371 e. The van der Waals surface area contributed by atoms with Crippen molar-refractivity contribution in [2.45, 2.75) is 52.1 Å². The summed E-state index contributed by atoms with van der Waals surface area (Å²) in [4.78, 5) is 10.7. The number of aromatic carboxylic acids is 1. The molecule has 19 heavy (non-hydrogen) atoms. The van der Waals surface area contributed by atoms with Crippen LogP contribution in [0.3, 0.4) is 0 Å². The van der Waals surface area contributed by atoms with Gasteiger partial charge in [0.15, 0.2) is 0 Å². The third-order valence-electron chi connectivity index (χ3n) is 4.09. The van der Waals surface area contributed by atoms with E-state index in [1.807, 2.05) is 0 Å². The molecule has 0 aromatic carbocycles. The minimum Gasteiger partial charge on any atom is -0.475 e. The van der Waals surface area contributed by atoms with Gasteiger partial charge in [-0.15, -0.1) is 0 Å². The number of carbonyl (C=O) groups is 1. The van der Waals surface area contributed by atoms with Gasteiger partial charge in [0.05, 0.1) is 6.54 Å². The molecule has 0 spiro atoms. The molecule has 0 amide bonds. The SMILES string of the molecule is CC(C)C1CCCCC1NCc1ccc(C(=O)O)o1. The summed E-state index contributed by atoms with van der Waals surface area (Å²) in [6, 6.07) is 3.77. The lowest BCUT2D eigenvalue weighted by Crippen LogP contribution is -2.40. The average Bonchev–Trinajstić information content (AvgIpc) is 2.85. The summed E-state index contributed by atoms with van der Waals surface area (Å²) in [5, 5.41) is 12.4. The van der Waals surface area contributed by atoms with Crippen molar-refractivity contribution >= 4 is 5.97 Å². The summed E-state index contributed by atoms with van der Waals surface area (Å²) in [6.07, 6.45) is 5.09. The molecule has 0 saturated heterocycles. The zero-order valence-corrected chi connectivity index (χ0v) is 11.7. The van der Waals surface area contributed by atoms with Crippen LogP contribution in [-0.2, 0) is 6.54 Å². The molecule has 2 N–H and O–H groups in total. The standard InChI is InChI=1S/C15H23NO3/c1-10(2)12-5-3-4-6-13(12)16-9-11-7-8-14(19-11)15(17)18/h7-8,10,12-13,16H,3-6,9H2,1-2H3,(H,17,18). The second kappa shape index (κ2) is 6.24. The number of carboxylic acids is 1. The van der Waals surface area contributed by atoms with E-state index in [1.54, 1.807) is 6.07 Å². The maximum atomic E-state index is 10.7. The van der Waals surface area contributed by atoms with Crippen molar-refractivity contribution in [2.75, 3.05) is 0 Å². The van der Waals surface area contributed by atoms with Crippen molar-refractivity contribution in [3.05, 3.63) is 23.7 Å². The molecule has 0 radical (unpaired) electrons. The molecule has 2 atom stereocenters. The quantitative estimate of drug-likeness (QED) is 0.857. The van der Waals surface area contributed by atoms with Crippen LogP contribution in [0, 0.1) is 11.8 Å². The molecular weight excluding hydrogens is 242 g/mol. The fraction of sp³-hybridized carbons (Fsp3) is 0.667. The van der Waals surface area contributed by atoms with E-state index in [4.69, 9.17) is 9.52 Å². The van der Waals surface area contributed by atoms with Gasteiger partial charge in [-0.2, -0.15) is 0 Å². The summed E-state index contributed by atoms with van der Waals surface area (Å²) < 4.78 is 5.27. The minimum absolute atomic E-state index is 0.0147. The number of nitrogens with one attached hydrogen (secondary N) is 1. The number of hydrogen-bond acceptors (Lipinski definition) is 3. The Morgan fingerprint density at radius 3 is 2.79 bits per heavy atom. The zero-order chi connectivity index (χ0) is 13.8. The van der Waals surface area contributed by atoms with Crippen molar-refractivity contribution in [2.24, 2.45) is 11.8 Å². The molecule has 1 fully saturated rings. The molecule has 1 aliphatic carbocycles. The lowest BCUT2D eigenvalue weighted by molar-refractivity contribution is 0.0660. The van der Waals surface area contributed by atoms with Gasteiger partial charge in [0.1, 0.15) is 5.76 Å². The largest absolute Gasteiger partial charge is 0.475 e. The summed E-state index contributed by atoms with van der Waals surface area (Å²) in [5.41, 5.74) is 0. The first-order valence-corrected chi connectivity index (χ1v) is 7.13. The molecule has 1 heterocycles. The van der Waals surface area contributed by atoms with E-state index in [9.17, 15) is 4.79 Å².